The molecule has 1 heterocycles. The van der Waals surface area contributed by atoms with Crippen LogP contribution in [0.15, 0.2) is 34.5 Å². The Morgan fingerprint density at radius 1 is 1.29 bits per heavy atom. The van der Waals surface area contributed by atoms with Gasteiger partial charge in [0.15, 0.2) is 0 Å². The van der Waals surface area contributed by atoms with E-state index in [1.807, 2.05) is 6.07 Å². The van der Waals surface area contributed by atoms with Crippen LogP contribution in [0.1, 0.15) is 33.9 Å². The lowest BCUT2D eigenvalue weighted by atomic mass is 9.95. The molecule has 1 unspecified atom stereocenters. The van der Waals surface area contributed by atoms with E-state index in [4.69, 9.17) is 0 Å². The van der Waals surface area contributed by atoms with Crippen LogP contribution >= 0.6 is 24.0 Å². The number of rotatable bonds is 4. The van der Waals surface area contributed by atoms with E-state index in [-0.39, 0.29) is 5.92 Å². The molecule has 3 heteroatoms. The van der Waals surface area contributed by atoms with E-state index in [0.717, 1.165) is 16.9 Å². The molecule has 0 amide bonds. The van der Waals surface area contributed by atoms with E-state index in [9.17, 15) is 4.79 Å². The van der Waals surface area contributed by atoms with Crippen molar-refractivity contribution in [1.82, 2.24) is 0 Å². The number of aldehydes is 1. The van der Waals surface area contributed by atoms with Crippen molar-refractivity contribution in [3.8, 4) is 0 Å². The fraction of sp³-hybridized carbons (Fsp3) is 0.214. The zero-order valence-corrected chi connectivity index (χ0v) is 10.9. The average Bonchev–Trinajstić information content (AvgIpc) is 2.99. The van der Waals surface area contributed by atoms with E-state index in [1.54, 1.807) is 11.3 Å². The van der Waals surface area contributed by atoms with Crippen LogP contribution in [0.4, 0.5) is 0 Å². The molecular formula is C14H12OS2. The Balaban J connectivity index is 1.97. The average molecular weight is 260 g/mol. The topological polar surface area (TPSA) is 17.1 Å². The lowest BCUT2D eigenvalue weighted by Crippen LogP contribution is -1.99. The zero-order chi connectivity index (χ0) is 11.8. The van der Waals surface area contributed by atoms with Gasteiger partial charge in [-0.15, -0.1) is 24.0 Å². The van der Waals surface area contributed by atoms with Crippen LogP contribution in [0, 0.1) is 0 Å². The van der Waals surface area contributed by atoms with Gasteiger partial charge >= 0.3 is 0 Å². The molecule has 0 aliphatic heterocycles. The summed E-state index contributed by atoms with van der Waals surface area (Å²) < 4.78 is 1.00. The maximum absolute atomic E-state index is 10.9. The molecule has 1 atom stereocenters. The van der Waals surface area contributed by atoms with Crippen LogP contribution in [-0.2, 0) is 11.2 Å². The van der Waals surface area contributed by atoms with Crippen molar-refractivity contribution in [2.45, 2.75) is 23.0 Å². The number of fused-ring (bicyclic) bond motifs is 1. The molecule has 0 N–H and O–H groups in total. The SMILES string of the molecule is O=CCC(c1ccc2c(c1)C2)c1ccc(S)s1. The van der Waals surface area contributed by atoms with Gasteiger partial charge in [0.25, 0.3) is 0 Å². The van der Waals surface area contributed by atoms with Crippen LogP contribution in [0.2, 0.25) is 0 Å². The number of benzene rings is 1. The summed E-state index contributed by atoms with van der Waals surface area (Å²) in [6.07, 6.45) is 2.68. The highest BCUT2D eigenvalue weighted by Gasteiger charge is 2.21. The van der Waals surface area contributed by atoms with Gasteiger partial charge in [0.1, 0.15) is 6.29 Å². The number of thiol groups is 1. The third-order valence-electron chi connectivity index (χ3n) is 3.18. The zero-order valence-electron chi connectivity index (χ0n) is 9.22. The summed E-state index contributed by atoms with van der Waals surface area (Å²) in [6, 6.07) is 10.6. The standard InChI is InChI=1S/C14H12OS2/c15-6-5-12(13-3-4-14(16)17-13)10-2-1-9-7-11(9)8-10/h1-4,6,8,12,16H,5,7H2. The predicted octanol–water partition coefficient (Wildman–Crippen LogP) is 3.66. The molecule has 0 radical (unpaired) electrons. The van der Waals surface area contributed by atoms with Crippen LogP contribution in [0.3, 0.4) is 0 Å². The largest absolute Gasteiger partial charge is 0.303 e. The molecular weight excluding hydrogens is 248 g/mol. The van der Waals surface area contributed by atoms with Gasteiger partial charge in [-0.2, -0.15) is 0 Å². The van der Waals surface area contributed by atoms with Gasteiger partial charge in [0.2, 0.25) is 0 Å². The monoisotopic (exact) mass is 260 g/mol. The predicted molar refractivity (Wildman–Crippen MR) is 73.3 cm³/mol. The molecule has 0 fully saturated rings. The van der Waals surface area contributed by atoms with E-state index in [0.29, 0.717) is 6.42 Å². The van der Waals surface area contributed by atoms with Crippen molar-refractivity contribution >= 4 is 30.3 Å². The molecule has 0 saturated heterocycles. The highest BCUT2D eigenvalue weighted by molar-refractivity contribution is 7.82. The Morgan fingerprint density at radius 2 is 2.18 bits per heavy atom. The molecule has 0 spiro atoms. The quantitative estimate of drug-likeness (QED) is 0.559. The summed E-state index contributed by atoms with van der Waals surface area (Å²) in [5, 5.41) is 0. The molecule has 0 bridgehead atoms. The highest BCUT2D eigenvalue weighted by atomic mass is 32.2. The maximum Gasteiger partial charge on any atom is 0.120 e. The van der Waals surface area contributed by atoms with E-state index in [2.05, 4.69) is 36.9 Å². The van der Waals surface area contributed by atoms with Gasteiger partial charge in [0.05, 0.1) is 4.21 Å². The molecule has 1 aliphatic rings. The van der Waals surface area contributed by atoms with Gasteiger partial charge < -0.3 is 4.79 Å². The first-order chi connectivity index (χ1) is 8.28. The Kier molecular flexibility index (Phi) is 2.81. The number of carbonyl (C=O) groups excluding carboxylic acids is 1. The summed E-state index contributed by atoms with van der Waals surface area (Å²) in [5.41, 5.74) is 4.13. The van der Waals surface area contributed by atoms with E-state index >= 15 is 0 Å². The van der Waals surface area contributed by atoms with Crippen molar-refractivity contribution in [2.75, 3.05) is 0 Å². The fourth-order valence-corrected chi connectivity index (χ4v) is 3.45. The van der Waals surface area contributed by atoms with E-state index < -0.39 is 0 Å². The first-order valence-electron chi connectivity index (χ1n) is 5.62. The van der Waals surface area contributed by atoms with E-state index in [1.165, 1.54) is 21.6 Å². The van der Waals surface area contributed by atoms with Crippen molar-refractivity contribution in [2.24, 2.45) is 0 Å². The first kappa shape index (κ1) is 11.1. The Morgan fingerprint density at radius 3 is 2.82 bits per heavy atom. The maximum atomic E-state index is 10.9. The van der Waals surface area contributed by atoms with Gasteiger partial charge in [-0.3, -0.25) is 0 Å². The second-order valence-corrected chi connectivity index (χ2v) is 6.24. The second kappa shape index (κ2) is 4.31. The van der Waals surface area contributed by atoms with Crippen molar-refractivity contribution in [1.29, 1.82) is 0 Å². The Hall–Kier alpha value is -1.06. The third-order valence-corrected chi connectivity index (χ3v) is 4.60. The number of carbonyl (C=O) groups is 1. The summed E-state index contributed by atoms with van der Waals surface area (Å²) in [6.45, 7) is 0. The van der Waals surface area contributed by atoms with Crippen LogP contribution in [0.5, 0.6) is 0 Å². The van der Waals surface area contributed by atoms with Gasteiger partial charge in [-0.05, 0) is 35.2 Å². The van der Waals surface area contributed by atoms with Crippen LogP contribution in [-0.4, -0.2) is 6.29 Å². The molecule has 1 aromatic carbocycles. The Bertz CT molecular complexity index is 571. The Labute approximate surface area is 110 Å². The summed E-state index contributed by atoms with van der Waals surface area (Å²) in [7, 11) is 0. The number of hydrogen-bond acceptors (Lipinski definition) is 3. The normalized spacial score (nSPS) is 14.2. The minimum atomic E-state index is 0.198. The molecule has 17 heavy (non-hydrogen) atoms. The summed E-state index contributed by atoms with van der Waals surface area (Å²) in [4.78, 5) is 12.1. The number of thiophene rings is 1. The first-order valence-corrected chi connectivity index (χ1v) is 6.88. The van der Waals surface area contributed by atoms with Gasteiger partial charge in [-0.25, -0.2) is 0 Å². The minimum Gasteiger partial charge on any atom is -0.303 e. The highest BCUT2D eigenvalue weighted by Crippen LogP contribution is 2.37. The fourth-order valence-electron chi connectivity index (χ4n) is 2.18. The van der Waals surface area contributed by atoms with Gasteiger partial charge in [0, 0.05) is 17.2 Å². The molecule has 1 aliphatic carbocycles. The summed E-state index contributed by atoms with van der Waals surface area (Å²) >= 11 is 6.00. The lowest BCUT2D eigenvalue weighted by Gasteiger charge is -2.12. The molecule has 3 rings (SSSR count). The molecule has 1 nitrogen and oxygen atoms in total. The van der Waals surface area contributed by atoms with Crippen LogP contribution < -0.4 is 0 Å². The third kappa shape index (κ3) is 2.17. The molecule has 1 aromatic heterocycles. The van der Waals surface area contributed by atoms with Crippen molar-refractivity contribution in [3.05, 3.63) is 51.9 Å². The lowest BCUT2D eigenvalue weighted by molar-refractivity contribution is -0.108. The van der Waals surface area contributed by atoms with Crippen molar-refractivity contribution < 1.29 is 4.79 Å². The minimum absolute atomic E-state index is 0.198. The smallest absolute Gasteiger partial charge is 0.120 e. The second-order valence-electron chi connectivity index (χ2n) is 4.34. The van der Waals surface area contributed by atoms with Crippen LogP contribution in [0.25, 0.3) is 0 Å². The molecule has 86 valence electrons. The summed E-state index contributed by atoms with van der Waals surface area (Å²) in [5.74, 6) is 0.198. The van der Waals surface area contributed by atoms with Crippen molar-refractivity contribution in [3.63, 3.8) is 0 Å². The number of hydrogen-bond donors (Lipinski definition) is 1. The van der Waals surface area contributed by atoms with Gasteiger partial charge in [-0.1, -0.05) is 18.2 Å². The molecule has 0 saturated carbocycles. The molecule has 2 aromatic rings.